The topological polar surface area (TPSA) is 30.8 Å². The van der Waals surface area contributed by atoms with Gasteiger partial charge in [-0.1, -0.05) is 35.5 Å². The molecule has 1 aliphatic carbocycles. The third-order valence-electron chi connectivity index (χ3n) is 4.00. The van der Waals surface area contributed by atoms with Crippen LogP contribution in [0.15, 0.2) is 35.5 Å². The second-order valence-corrected chi connectivity index (χ2v) is 4.80. The molecule has 0 N–H and O–H groups in total. The van der Waals surface area contributed by atoms with Gasteiger partial charge in [0.05, 0.1) is 6.21 Å². The van der Waals surface area contributed by atoms with Crippen LogP contribution < -0.4 is 0 Å². The molecule has 0 unspecified atom stereocenters. The van der Waals surface area contributed by atoms with Gasteiger partial charge in [-0.25, -0.2) is 0 Å². The molecule has 0 spiro atoms. The second-order valence-electron chi connectivity index (χ2n) is 4.80. The molecule has 1 fully saturated rings. The predicted octanol–water partition coefficient (Wildman–Crippen LogP) is 2.93. The summed E-state index contributed by atoms with van der Waals surface area (Å²) < 4.78 is 5.62. The van der Waals surface area contributed by atoms with Crippen molar-refractivity contribution in [1.82, 2.24) is 0 Å². The van der Waals surface area contributed by atoms with E-state index >= 15 is 0 Å². The Labute approximate surface area is 101 Å². The van der Waals surface area contributed by atoms with Crippen LogP contribution in [0.3, 0.4) is 0 Å². The van der Waals surface area contributed by atoms with E-state index in [0.29, 0.717) is 11.8 Å². The van der Waals surface area contributed by atoms with Crippen LogP contribution in [0, 0.1) is 5.92 Å². The molecule has 0 aromatic heterocycles. The number of benzene rings is 1. The zero-order valence-electron chi connectivity index (χ0n) is 10.0. The number of hydrogen-bond donors (Lipinski definition) is 0. The van der Waals surface area contributed by atoms with E-state index in [2.05, 4.69) is 29.4 Å². The SMILES string of the molecule is CO[C@@]12CCC[C@@H]1[C@@H](c1ccccc1)C=NO2. The fraction of sp³-hybridized carbons (Fsp3) is 0.500. The van der Waals surface area contributed by atoms with Crippen molar-refractivity contribution in [1.29, 1.82) is 0 Å². The van der Waals surface area contributed by atoms with E-state index < -0.39 is 5.79 Å². The maximum atomic E-state index is 5.62. The Bertz CT molecular complexity index is 417. The van der Waals surface area contributed by atoms with Crippen LogP contribution in [0.4, 0.5) is 0 Å². The van der Waals surface area contributed by atoms with E-state index in [1.165, 1.54) is 5.56 Å². The van der Waals surface area contributed by atoms with Crippen LogP contribution in [0.5, 0.6) is 0 Å². The van der Waals surface area contributed by atoms with Crippen molar-refractivity contribution in [3.8, 4) is 0 Å². The lowest BCUT2D eigenvalue weighted by atomic mass is 9.82. The summed E-state index contributed by atoms with van der Waals surface area (Å²) in [6.07, 6.45) is 5.14. The zero-order chi connectivity index (χ0) is 11.7. The van der Waals surface area contributed by atoms with Crippen LogP contribution in [-0.2, 0) is 9.57 Å². The summed E-state index contributed by atoms with van der Waals surface area (Å²) in [7, 11) is 1.72. The number of ether oxygens (including phenoxy) is 1. The Balaban J connectivity index is 1.96. The highest BCUT2D eigenvalue weighted by atomic mass is 16.8. The molecule has 0 amide bonds. The lowest BCUT2D eigenvalue weighted by Gasteiger charge is -2.38. The number of rotatable bonds is 2. The lowest BCUT2D eigenvalue weighted by molar-refractivity contribution is -0.250. The number of oxime groups is 1. The largest absolute Gasteiger partial charge is 0.360 e. The number of methoxy groups -OCH3 is 1. The standard InChI is InChI=1S/C14H17NO2/c1-16-14-9-5-8-13(14)12(10-15-17-14)11-6-3-2-4-7-11/h2-4,6-7,10,12-13H,5,8-9H2,1H3/t12-,13-,14-/m1/s1. The second kappa shape index (κ2) is 4.15. The Morgan fingerprint density at radius 1 is 1.35 bits per heavy atom. The highest BCUT2D eigenvalue weighted by molar-refractivity contribution is 5.69. The summed E-state index contributed by atoms with van der Waals surface area (Å²) in [5, 5.41) is 4.07. The minimum Gasteiger partial charge on any atom is -0.360 e. The normalized spacial score (nSPS) is 35.4. The minimum absolute atomic E-state index is 0.312. The first-order valence-electron chi connectivity index (χ1n) is 6.17. The van der Waals surface area contributed by atoms with Gasteiger partial charge in [0.15, 0.2) is 0 Å². The summed E-state index contributed by atoms with van der Waals surface area (Å²) in [6, 6.07) is 10.5. The molecule has 3 rings (SSSR count). The van der Waals surface area contributed by atoms with Crippen LogP contribution in [-0.4, -0.2) is 19.1 Å². The van der Waals surface area contributed by atoms with Gasteiger partial charge in [0, 0.05) is 25.4 Å². The molecular formula is C14H17NO2. The lowest BCUT2D eigenvalue weighted by Crippen LogP contribution is -2.43. The van der Waals surface area contributed by atoms with Crippen molar-refractivity contribution in [2.24, 2.45) is 11.1 Å². The first kappa shape index (κ1) is 10.8. The molecule has 2 aliphatic rings. The summed E-state index contributed by atoms with van der Waals surface area (Å²) in [5.74, 6) is 0.203. The molecule has 3 nitrogen and oxygen atoms in total. The third kappa shape index (κ3) is 1.65. The highest BCUT2D eigenvalue weighted by Gasteiger charge is 2.51. The quantitative estimate of drug-likeness (QED) is 0.783. The number of hydrogen-bond acceptors (Lipinski definition) is 3. The van der Waals surface area contributed by atoms with Gasteiger partial charge in [-0.2, -0.15) is 0 Å². The molecule has 90 valence electrons. The van der Waals surface area contributed by atoms with Gasteiger partial charge in [0.25, 0.3) is 0 Å². The van der Waals surface area contributed by atoms with Crippen molar-refractivity contribution in [2.45, 2.75) is 31.0 Å². The van der Waals surface area contributed by atoms with E-state index in [-0.39, 0.29) is 0 Å². The fourth-order valence-corrected chi connectivity index (χ4v) is 3.11. The Kier molecular flexibility index (Phi) is 2.63. The van der Waals surface area contributed by atoms with Crippen molar-refractivity contribution in [2.75, 3.05) is 7.11 Å². The Morgan fingerprint density at radius 2 is 2.18 bits per heavy atom. The van der Waals surface area contributed by atoms with Gasteiger partial charge in [0.1, 0.15) is 0 Å². The van der Waals surface area contributed by atoms with Gasteiger partial charge in [-0.05, 0) is 18.4 Å². The summed E-state index contributed by atoms with van der Waals surface area (Å²) in [6.45, 7) is 0. The van der Waals surface area contributed by atoms with Crippen molar-refractivity contribution < 1.29 is 9.57 Å². The minimum atomic E-state index is -0.491. The molecular weight excluding hydrogens is 214 g/mol. The maximum absolute atomic E-state index is 5.62. The monoisotopic (exact) mass is 231 g/mol. The molecule has 1 aromatic rings. The molecule has 0 radical (unpaired) electrons. The van der Waals surface area contributed by atoms with E-state index in [0.717, 1.165) is 19.3 Å². The third-order valence-corrected chi connectivity index (χ3v) is 4.00. The summed E-state index contributed by atoms with van der Waals surface area (Å²) >= 11 is 0. The fourth-order valence-electron chi connectivity index (χ4n) is 3.11. The average molecular weight is 231 g/mol. The molecule has 1 heterocycles. The maximum Gasteiger partial charge on any atom is 0.240 e. The van der Waals surface area contributed by atoms with Crippen molar-refractivity contribution in [3.05, 3.63) is 35.9 Å². The van der Waals surface area contributed by atoms with E-state index in [1.54, 1.807) is 7.11 Å². The van der Waals surface area contributed by atoms with Gasteiger partial charge in [0.2, 0.25) is 5.79 Å². The average Bonchev–Trinajstić information content (AvgIpc) is 2.84. The van der Waals surface area contributed by atoms with Crippen LogP contribution >= 0.6 is 0 Å². The van der Waals surface area contributed by atoms with E-state index in [9.17, 15) is 0 Å². The molecule has 0 bridgehead atoms. The first-order chi connectivity index (χ1) is 8.36. The van der Waals surface area contributed by atoms with Gasteiger partial charge in [-0.3, -0.25) is 0 Å². The smallest absolute Gasteiger partial charge is 0.240 e. The molecule has 3 atom stereocenters. The van der Waals surface area contributed by atoms with Crippen LogP contribution in [0.2, 0.25) is 0 Å². The summed E-state index contributed by atoms with van der Waals surface area (Å²) in [5.41, 5.74) is 1.30. The molecule has 1 aliphatic heterocycles. The number of fused-ring (bicyclic) bond motifs is 1. The molecule has 3 heteroatoms. The van der Waals surface area contributed by atoms with Crippen molar-refractivity contribution in [3.63, 3.8) is 0 Å². The van der Waals surface area contributed by atoms with Gasteiger partial charge >= 0.3 is 0 Å². The Hall–Kier alpha value is -1.35. The van der Waals surface area contributed by atoms with Gasteiger partial charge in [-0.15, -0.1) is 0 Å². The van der Waals surface area contributed by atoms with E-state index in [1.807, 2.05) is 12.3 Å². The first-order valence-corrected chi connectivity index (χ1v) is 6.17. The zero-order valence-corrected chi connectivity index (χ0v) is 10.0. The van der Waals surface area contributed by atoms with Gasteiger partial charge < -0.3 is 9.57 Å². The molecule has 1 aromatic carbocycles. The molecule has 0 saturated heterocycles. The predicted molar refractivity (Wildman–Crippen MR) is 65.8 cm³/mol. The summed E-state index contributed by atoms with van der Waals surface area (Å²) in [4.78, 5) is 5.54. The van der Waals surface area contributed by atoms with Crippen molar-refractivity contribution >= 4 is 6.21 Å². The van der Waals surface area contributed by atoms with E-state index in [4.69, 9.17) is 9.57 Å². The van der Waals surface area contributed by atoms with Crippen LogP contribution in [0.1, 0.15) is 30.7 Å². The molecule has 17 heavy (non-hydrogen) atoms. The Morgan fingerprint density at radius 3 is 2.94 bits per heavy atom. The highest BCUT2D eigenvalue weighted by Crippen LogP contribution is 2.48. The number of nitrogens with zero attached hydrogens (tertiary/aromatic N) is 1. The van der Waals surface area contributed by atoms with Crippen LogP contribution in [0.25, 0.3) is 0 Å². The molecule has 1 saturated carbocycles.